The smallest absolute Gasteiger partial charge is 0.419 e. The number of fused-ring (bicyclic) bond motifs is 1. The van der Waals surface area contributed by atoms with E-state index in [9.17, 15) is 13.2 Å². The molecule has 0 bridgehead atoms. The molecular weight excluding hydrogens is 360 g/mol. The Bertz CT molecular complexity index is 1110. The number of oxazole rings is 1. The summed E-state index contributed by atoms with van der Waals surface area (Å²) in [5.41, 5.74) is 1.01. The fraction of sp³-hybridized carbons (Fsp3) is 0.235. The molecule has 0 atom stereocenters. The molecule has 138 valence electrons. The van der Waals surface area contributed by atoms with Gasteiger partial charge in [-0.05, 0) is 31.2 Å². The lowest BCUT2D eigenvalue weighted by atomic mass is 10.3. The molecule has 2 aromatic carbocycles. The van der Waals surface area contributed by atoms with Gasteiger partial charge < -0.3 is 13.9 Å². The van der Waals surface area contributed by atoms with Crippen molar-refractivity contribution in [3.8, 4) is 11.5 Å². The van der Waals surface area contributed by atoms with Crippen LogP contribution in [-0.4, -0.2) is 27.2 Å². The number of rotatable bonds is 6. The van der Waals surface area contributed by atoms with Gasteiger partial charge in [-0.25, -0.2) is 13.2 Å². The van der Waals surface area contributed by atoms with E-state index in [1.54, 1.807) is 31.2 Å². The molecule has 3 rings (SSSR count). The third-order valence-corrected chi connectivity index (χ3v) is 5.28. The first kappa shape index (κ1) is 17.9. The summed E-state index contributed by atoms with van der Waals surface area (Å²) in [6.07, 6.45) is 0. The lowest BCUT2D eigenvalue weighted by molar-refractivity contribution is 0.395. The SMILES string of the molecule is CCn1c(=O)oc2cc(S(=O)(=O)Nc3ccc(OC)cc3OC)ccc21. The molecule has 0 fully saturated rings. The van der Waals surface area contributed by atoms with Gasteiger partial charge in [-0.1, -0.05) is 0 Å². The van der Waals surface area contributed by atoms with Crippen LogP contribution in [0.2, 0.25) is 0 Å². The van der Waals surface area contributed by atoms with Crippen LogP contribution in [0.5, 0.6) is 11.5 Å². The Morgan fingerprint density at radius 3 is 2.54 bits per heavy atom. The minimum atomic E-state index is -3.91. The topological polar surface area (TPSA) is 99.8 Å². The van der Waals surface area contributed by atoms with Crippen molar-refractivity contribution >= 4 is 26.8 Å². The molecule has 26 heavy (non-hydrogen) atoms. The van der Waals surface area contributed by atoms with E-state index >= 15 is 0 Å². The minimum absolute atomic E-state index is 0.0279. The Morgan fingerprint density at radius 2 is 1.88 bits per heavy atom. The van der Waals surface area contributed by atoms with Crippen molar-refractivity contribution in [2.75, 3.05) is 18.9 Å². The number of methoxy groups -OCH3 is 2. The van der Waals surface area contributed by atoms with E-state index in [0.717, 1.165) is 0 Å². The fourth-order valence-corrected chi connectivity index (χ4v) is 3.69. The normalized spacial score (nSPS) is 11.5. The van der Waals surface area contributed by atoms with E-state index in [0.29, 0.717) is 23.6 Å². The van der Waals surface area contributed by atoms with Crippen LogP contribution in [0.25, 0.3) is 11.1 Å². The van der Waals surface area contributed by atoms with Gasteiger partial charge in [0.2, 0.25) is 0 Å². The number of nitrogens with one attached hydrogen (secondary N) is 1. The van der Waals surface area contributed by atoms with E-state index < -0.39 is 15.8 Å². The summed E-state index contributed by atoms with van der Waals surface area (Å²) in [5.74, 6) is 0.327. The van der Waals surface area contributed by atoms with Crippen LogP contribution in [0.15, 0.2) is 50.5 Å². The zero-order chi connectivity index (χ0) is 18.9. The minimum Gasteiger partial charge on any atom is -0.497 e. The van der Waals surface area contributed by atoms with Crippen molar-refractivity contribution in [2.45, 2.75) is 18.4 Å². The molecule has 1 aromatic heterocycles. The van der Waals surface area contributed by atoms with Crippen LogP contribution in [0.4, 0.5) is 5.69 Å². The lowest BCUT2D eigenvalue weighted by Crippen LogP contribution is -2.14. The first-order valence-electron chi connectivity index (χ1n) is 7.78. The molecule has 0 aliphatic heterocycles. The van der Waals surface area contributed by atoms with E-state index in [-0.39, 0.29) is 16.2 Å². The summed E-state index contributed by atoms with van der Waals surface area (Å²) in [6, 6.07) is 9.01. The molecule has 0 saturated carbocycles. The van der Waals surface area contributed by atoms with Gasteiger partial charge in [0, 0.05) is 18.7 Å². The van der Waals surface area contributed by atoms with Gasteiger partial charge >= 0.3 is 5.76 Å². The molecule has 0 aliphatic rings. The molecule has 3 aromatic rings. The van der Waals surface area contributed by atoms with Gasteiger partial charge in [-0.2, -0.15) is 0 Å². The number of hydrogen-bond acceptors (Lipinski definition) is 6. The van der Waals surface area contributed by atoms with Crippen LogP contribution < -0.4 is 20.0 Å². The first-order valence-corrected chi connectivity index (χ1v) is 9.26. The number of anilines is 1. The molecule has 1 N–H and O–H groups in total. The highest BCUT2D eigenvalue weighted by atomic mass is 32.2. The maximum Gasteiger partial charge on any atom is 0.419 e. The molecule has 0 saturated heterocycles. The summed E-state index contributed by atoms with van der Waals surface area (Å²) in [4.78, 5) is 11.7. The van der Waals surface area contributed by atoms with E-state index in [1.807, 2.05) is 0 Å². The lowest BCUT2D eigenvalue weighted by Gasteiger charge is -2.13. The summed E-state index contributed by atoms with van der Waals surface area (Å²) in [5, 5.41) is 0. The largest absolute Gasteiger partial charge is 0.497 e. The van der Waals surface area contributed by atoms with E-state index in [1.165, 1.54) is 30.9 Å². The maximum absolute atomic E-state index is 12.7. The van der Waals surface area contributed by atoms with E-state index in [4.69, 9.17) is 13.9 Å². The number of hydrogen-bond donors (Lipinski definition) is 1. The van der Waals surface area contributed by atoms with Gasteiger partial charge in [-0.3, -0.25) is 9.29 Å². The Balaban J connectivity index is 2.01. The number of aryl methyl sites for hydroxylation is 1. The van der Waals surface area contributed by atoms with Gasteiger partial charge in [0.15, 0.2) is 5.58 Å². The summed E-state index contributed by atoms with van der Waals surface area (Å²) >= 11 is 0. The van der Waals surface area contributed by atoms with Gasteiger partial charge in [0.25, 0.3) is 10.0 Å². The van der Waals surface area contributed by atoms with Crippen LogP contribution in [-0.2, 0) is 16.6 Å². The van der Waals surface area contributed by atoms with Gasteiger partial charge in [0.05, 0.1) is 30.3 Å². The molecule has 0 aliphatic carbocycles. The average Bonchev–Trinajstić information content (AvgIpc) is 2.95. The first-order chi connectivity index (χ1) is 12.4. The monoisotopic (exact) mass is 378 g/mol. The van der Waals surface area contributed by atoms with Gasteiger partial charge in [0.1, 0.15) is 11.5 Å². The second-order valence-corrected chi connectivity index (χ2v) is 7.10. The number of nitrogens with zero attached hydrogens (tertiary/aromatic N) is 1. The fourth-order valence-electron chi connectivity index (χ4n) is 2.60. The van der Waals surface area contributed by atoms with Gasteiger partial charge in [-0.15, -0.1) is 0 Å². The van der Waals surface area contributed by atoms with Crippen molar-refractivity contribution in [2.24, 2.45) is 0 Å². The Hall–Kier alpha value is -2.94. The zero-order valence-electron chi connectivity index (χ0n) is 14.5. The van der Waals surface area contributed by atoms with Crippen molar-refractivity contribution in [1.82, 2.24) is 4.57 Å². The molecule has 8 nitrogen and oxygen atoms in total. The predicted octanol–water partition coefficient (Wildman–Crippen LogP) is 2.43. The second-order valence-electron chi connectivity index (χ2n) is 5.41. The van der Waals surface area contributed by atoms with Crippen molar-refractivity contribution in [1.29, 1.82) is 0 Å². The van der Waals surface area contributed by atoms with Crippen LogP contribution in [0.1, 0.15) is 6.92 Å². The third-order valence-electron chi connectivity index (χ3n) is 3.92. The summed E-state index contributed by atoms with van der Waals surface area (Å²) < 4.78 is 44.7. The number of aromatic nitrogens is 1. The summed E-state index contributed by atoms with van der Waals surface area (Å²) in [6.45, 7) is 2.23. The Labute approximate surface area is 150 Å². The van der Waals surface area contributed by atoms with Crippen LogP contribution in [0, 0.1) is 0 Å². The maximum atomic E-state index is 12.7. The Morgan fingerprint density at radius 1 is 1.12 bits per heavy atom. The highest BCUT2D eigenvalue weighted by Crippen LogP contribution is 2.31. The molecule has 0 amide bonds. The Kier molecular flexibility index (Phi) is 4.64. The van der Waals surface area contributed by atoms with Crippen molar-refractivity contribution < 1.29 is 22.3 Å². The van der Waals surface area contributed by atoms with Crippen molar-refractivity contribution in [3.05, 3.63) is 46.9 Å². The number of ether oxygens (including phenoxy) is 2. The zero-order valence-corrected chi connectivity index (χ0v) is 15.3. The highest BCUT2D eigenvalue weighted by molar-refractivity contribution is 7.92. The van der Waals surface area contributed by atoms with Crippen molar-refractivity contribution in [3.63, 3.8) is 0 Å². The second kappa shape index (κ2) is 6.75. The number of sulfonamides is 1. The highest BCUT2D eigenvalue weighted by Gasteiger charge is 2.19. The quantitative estimate of drug-likeness (QED) is 0.707. The third kappa shape index (κ3) is 3.13. The van der Waals surface area contributed by atoms with E-state index in [2.05, 4.69) is 4.72 Å². The van der Waals surface area contributed by atoms with Crippen LogP contribution >= 0.6 is 0 Å². The predicted molar refractivity (Wildman–Crippen MR) is 96.5 cm³/mol. The average molecular weight is 378 g/mol. The molecule has 9 heteroatoms. The molecular formula is C17H18N2O6S. The number of benzene rings is 2. The summed E-state index contributed by atoms with van der Waals surface area (Å²) in [7, 11) is -0.974. The molecule has 0 radical (unpaired) electrons. The molecule has 1 heterocycles. The molecule has 0 unspecified atom stereocenters. The molecule has 0 spiro atoms. The standard InChI is InChI=1S/C17H18N2O6S/c1-4-19-14-8-6-12(10-16(14)25-17(19)20)26(21,22)18-13-7-5-11(23-2)9-15(13)24-3/h5-10,18H,4H2,1-3H3. The van der Waals surface area contributed by atoms with Crippen LogP contribution in [0.3, 0.4) is 0 Å².